The van der Waals surface area contributed by atoms with E-state index in [1.165, 1.54) is 16.9 Å². The Balaban J connectivity index is 1.28. The molecule has 1 amide bonds. The Morgan fingerprint density at radius 2 is 2.03 bits per heavy atom. The first kappa shape index (κ1) is 20.6. The van der Waals surface area contributed by atoms with Crippen LogP contribution in [-0.4, -0.2) is 33.9 Å². The number of aromatic nitrogens is 2. The number of thiophene rings is 1. The van der Waals surface area contributed by atoms with Crippen molar-refractivity contribution in [2.24, 2.45) is 5.73 Å². The van der Waals surface area contributed by atoms with E-state index in [9.17, 15) is 4.79 Å². The fourth-order valence-corrected chi connectivity index (χ4v) is 5.47. The van der Waals surface area contributed by atoms with Gasteiger partial charge in [0.25, 0.3) is 5.91 Å². The van der Waals surface area contributed by atoms with Crippen molar-refractivity contribution in [3.05, 3.63) is 88.7 Å². The summed E-state index contributed by atoms with van der Waals surface area (Å²) < 4.78 is 5.93. The number of benzene rings is 1. The molecule has 1 saturated heterocycles. The van der Waals surface area contributed by atoms with E-state index in [0.29, 0.717) is 11.5 Å². The van der Waals surface area contributed by atoms with Crippen LogP contribution in [0, 0.1) is 0 Å². The first-order chi connectivity index (χ1) is 15.7. The Morgan fingerprint density at radius 3 is 2.88 bits per heavy atom. The first-order valence-corrected chi connectivity index (χ1v) is 11.5. The number of carbonyl (C=O) groups excluding carboxylic acids is 1. The number of rotatable bonds is 7. The fraction of sp³-hybridized carbons (Fsp3) is 0.240. The maximum atomic E-state index is 12.1. The molecule has 32 heavy (non-hydrogen) atoms. The highest BCUT2D eigenvalue weighted by atomic mass is 32.1. The summed E-state index contributed by atoms with van der Waals surface area (Å²) in [6, 6.07) is 18.0. The van der Waals surface area contributed by atoms with Crippen molar-refractivity contribution >= 4 is 27.5 Å². The second-order valence-corrected chi connectivity index (χ2v) is 9.04. The molecule has 1 fully saturated rings. The smallest absolute Gasteiger partial charge is 0.259 e. The zero-order valence-electron chi connectivity index (χ0n) is 17.6. The number of hydrogen-bond acceptors (Lipinski definition) is 6. The Labute approximate surface area is 190 Å². The third kappa shape index (κ3) is 4.35. The predicted molar refractivity (Wildman–Crippen MR) is 126 cm³/mol. The fourth-order valence-electron chi connectivity index (χ4n) is 4.38. The summed E-state index contributed by atoms with van der Waals surface area (Å²) in [5.74, 6) is 0.757. The molecular formula is C25H24N4O2S. The van der Waals surface area contributed by atoms with Gasteiger partial charge in [-0.2, -0.15) is 0 Å². The molecule has 1 aromatic carbocycles. The Kier molecular flexibility index (Phi) is 5.83. The van der Waals surface area contributed by atoms with Crippen LogP contribution in [-0.2, 0) is 13.2 Å². The van der Waals surface area contributed by atoms with Crippen LogP contribution in [0.25, 0.3) is 10.2 Å². The van der Waals surface area contributed by atoms with E-state index in [2.05, 4.69) is 27.0 Å². The normalized spacial score (nSPS) is 16.4. The van der Waals surface area contributed by atoms with E-state index < -0.39 is 0 Å². The molecule has 0 radical (unpaired) electrons. The molecule has 0 spiro atoms. The highest BCUT2D eigenvalue weighted by molar-refractivity contribution is 7.20. The Bertz CT molecular complexity index is 1240. The minimum absolute atomic E-state index is 0.277. The van der Waals surface area contributed by atoms with Crippen LogP contribution in [0.2, 0.25) is 0 Å². The lowest BCUT2D eigenvalue weighted by Crippen LogP contribution is -2.20. The number of carbonyl (C=O) groups is 1. The van der Waals surface area contributed by atoms with E-state index in [0.717, 1.165) is 53.3 Å². The molecule has 4 heterocycles. The molecule has 1 aliphatic rings. The molecule has 2 N–H and O–H groups in total. The number of pyridine rings is 2. The summed E-state index contributed by atoms with van der Waals surface area (Å²) in [4.78, 5) is 24.8. The van der Waals surface area contributed by atoms with Gasteiger partial charge in [0.15, 0.2) is 0 Å². The topological polar surface area (TPSA) is 81.3 Å². The lowest BCUT2D eigenvalue weighted by atomic mass is 9.95. The molecule has 5 rings (SSSR count). The van der Waals surface area contributed by atoms with Crippen molar-refractivity contribution in [2.45, 2.75) is 25.5 Å². The van der Waals surface area contributed by atoms with Crippen molar-refractivity contribution in [3.8, 4) is 5.75 Å². The van der Waals surface area contributed by atoms with Crippen molar-refractivity contribution in [1.29, 1.82) is 0 Å². The van der Waals surface area contributed by atoms with Gasteiger partial charge in [-0.15, -0.1) is 11.3 Å². The van der Waals surface area contributed by atoms with Crippen molar-refractivity contribution in [1.82, 2.24) is 14.9 Å². The van der Waals surface area contributed by atoms with Crippen LogP contribution in [0.3, 0.4) is 0 Å². The van der Waals surface area contributed by atoms with Crippen LogP contribution in [0.4, 0.5) is 0 Å². The maximum absolute atomic E-state index is 12.1. The number of fused-ring (bicyclic) bond motifs is 1. The quantitative estimate of drug-likeness (QED) is 0.458. The summed E-state index contributed by atoms with van der Waals surface area (Å²) in [5.41, 5.74) is 8.88. The summed E-state index contributed by atoms with van der Waals surface area (Å²) in [7, 11) is 0. The largest absolute Gasteiger partial charge is 0.487 e. The molecular weight excluding hydrogens is 420 g/mol. The molecule has 162 valence electrons. The molecule has 7 heteroatoms. The van der Waals surface area contributed by atoms with Crippen LogP contribution < -0.4 is 10.5 Å². The first-order valence-electron chi connectivity index (χ1n) is 10.7. The zero-order valence-corrected chi connectivity index (χ0v) is 18.4. The van der Waals surface area contributed by atoms with E-state index in [1.54, 1.807) is 12.4 Å². The number of nitrogens with zero attached hydrogens (tertiary/aromatic N) is 3. The van der Waals surface area contributed by atoms with Gasteiger partial charge in [0, 0.05) is 36.8 Å². The molecule has 3 aromatic heterocycles. The van der Waals surface area contributed by atoms with Gasteiger partial charge < -0.3 is 10.5 Å². The van der Waals surface area contributed by atoms with Crippen molar-refractivity contribution < 1.29 is 9.53 Å². The molecule has 0 saturated carbocycles. The van der Waals surface area contributed by atoms with Crippen molar-refractivity contribution in [2.75, 3.05) is 13.1 Å². The van der Waals surface area contributed by atoms with Gasteiger partial charge in [-0.1, -0.05) is 24.3 Å². The highest BCUT2D eigenvalue weighted by Gasteiger charge is 2.30. The number of amides is 1. The number of likely N-dealkylation sites (tertiary alicyclic amines) is 1. The Morgan fingerprint density at radius 1 is 1.12 bits per heavy atom. The molecule has 0 bridgehead atoms. The number of primary amides is 1. The average Bonchev–Trinajstić information content (AvgIpc) is 3.43. The molecule has 1 atom stereocenters. The number of nitrogens with two attached hydrogens (primary N) is 1. The highest BCUT2D eigenvalue weighted by Crippen LogP contribution is 2.39. The minimum atomic E-state index is -0.362. The van der Waals surface area contributed by atoms with E-state index >= 15 is 0 Å². The standard InChI is InChI=1S/C25H24N4O2S/c26-24(30)23-22(21-8-4-11-28-25(21)32-23)18-9-12-29(15-18)14-17-5-3-7-20(13-17)31-16-19-6-1-2-10-27-19/h1-8,10-11,13,18H,9,12,14-16H2,(H2,26,30)/t18-/m0/s1. The van der Waals surface area contributed by atoms with Gasteiger partial charge in [0.1, 0.15) is 17.2 Å². The van der Waals surface area contributed by atoms with Crippen LogP contribution >= 0.6 is 11.3 Å². The second kappa shape index (κ2) is 9.06. The molecule has 0 aliphatic carbocycles. The van der Waals surface area contributed by atoms with E-state index in [-0.39, 0.29) is 11.8 Å². The average molecular weight is 445 g/mol. The third-order valence-corrected chi connectivity index (χ3v) is 6.97. The van der Waals surface area contributed by atoms with Crippen molar-refractivity contribution in [3.63, 3.8) is 0 Å². The molecule has 4 aromatic rings. The number of ether oxygens (including phenoxy) is 1. The van der Waals surface area contributed by atoms with Gasteiger partial charge in [0.05, 0.1) is 10.6 Å². The van der Waals surface area contributed by atoms with Crippen LogP contribution in [0.1, 0.15) is 38.8 Å². The lowest BCUT2D eigenvalue weighted by molar-refractivity contribution is 0.100. The Hall–Kier alpha value is -3.29. The van der Waals surface area contributed by atoms with Gasteiger partial charge in [-0.3, -0.25) is 14.7 Å². The van der Waals surface area contributed by atoms with Gasteiger partial charge in [-0.25, -0.2) is 4.98 Å². The second-order valence-electron chi connectivity index (χ2n) is 8.04. The van der Waals surface area contributed by atoms with Crippen LogP contribution in [0.5, 0.6) is 5.75 Å². The predicted octanol–water partition coefficient (Wildman–Crippen LogP) is 4.36. The molecule has 6 nitrogen and oxygen atoms in total. The summed E-state index contributed by atoms with van der Waals surface area (Å²) in [5, 5.41) is 1.06. The van der Waals surface area contributed by atoms with E-state index in [4.69, 9.17) is 10.5 Å². The summed E-state index contributed by atoms with van der Waals surface area (Å²) in [6.45, 7) is 3.15. The van der Waals surface area contributed by atoms with Crippen LogP contribution in [0.15, 0.2) is 67.0 Å². The summed E-state index contributed by atoms with van der Waals surface area (Å²) >= 11 is 1.40. The monoisotopic (exact) mass is 444 g/mol. The SMILES string of the molecule is NC(=O)c1sc2ncccc2c1[C@H]1CCN(Cc2cccc(OCc3ccccn3)c2)C1. The molecule has 0 unspecified atom stereocenters. The third-order valence-electron chi connectivity index (χ3n) is 5.83. The van der Waals surface area contributed by atoms with Gasteiger partial charge in [0.2, 0.25) is 0 Å². The zero-order chi connectivity index (χ0) is 21.9. The van der Waals surface area contributed by atoms with Gasteiger partial charge >= 0.3 is 0 Å². The maximum Gasteiger partial charge on any atom is 0.259 e. The molecule has 1 aliphatic heterocycles. The number of hydrogen-bond donors (Lipinski definition) is 1. The summed E-state index contributed by atoms with van der Waals surface area (Å²) in [6.07, 6.45) is 4.53. The lowest BCUT2D eigenvalue weighted by Gasteiger charge is -2.17. The van der Waals surface area contributed by atoms with Gasteiger partial charge in [-0.05, 0) is 54.4 Å². The minimum Gasteiger partial charge on any atom is -0.487 e. The van der Waals surface area contributed by atoms with E-state index in [1.807, 2.05) is 42.5 Å².